The molecule has 0 amide bonds. The number of aryl methyl sites for hydroxylation is 1. The molecule has 5 fully saturated rings. The van der Waals surface area contributed by atoms with Gasteiger partial charge >= 0.3 is 13.1 Å². The van der Waals surface area contributed by atoms with Crippen LogP contribution in [0.5, 0.6) is 5.75 Å². The van der Waals surface area contributed by atoms with Crippen molar-refractivity contribution in [2.45, 2.75) is 90.0 Å². The lowest BCUT2D eigenvalue weighted by atomic mass is 9.43. The van der Waals surface area contributed by atoms with Crippen molar-refractivity contribution < 1.29 is 23.6 Å². The quantitative estimate of drug-likeness (QED) is 0.515. The van der Waals surface area contributed by atoms with Gasteiger partial charge in [0.2, 0.25) is 5.79 Å². The number of carbonyl (C=O) groups is 1. The Morgan fingerprint density at radius 1 is 1.03 bits per heavy atom. The summed E-state index contributed by atoms with van der Waals surface area (Å²) in [4.78, 5) is 12.6. The molecule has 7 rings (SSSR count). The van der Waals surface area contributed by atoms with Crippen molar-refractivity contribution in [2.24, 2.45) is 17.3 Å². The Kier molecular flexibility index (Phi) is 3.60. The van der Waals surface area contributed by atoms with Crippen LogP contribution in [-0.2, 0) is 14.0 Å². The van der Waals surface area contributed by atoms with E-state index in [1.54, 1.807) is 13.8 Å². The van der Waals surface area contributed by atoms with E-state index in [-0.39, 0.29) is 30.7 Å². The maximum atomic E-state index is 12.6. The van der Waals surface area contributed by atoms with E-state index >= 15 is 0 Å². The first-order valence-corrected chi connectivity index (χ1v) is 11.4. The van der Waals surface area contributed by atoms with Crippen LogP contribution in [0.3, 0.4) is 0 Å². The van der Waals surface area contributed by atoms with Crippen LogP contribution in [0.2, 0.25) is 5.82 Å². The Bertz CT molecular complexity index is 955. The van der Waals surface area contributed by atoms with Gasteiger partial charge < -0.3 is 18.8 Å². The first-order chi connectivity index (χ1) is 14.0. The average Bonchev–Trinajstić information content (AvgIpc) is 3.33. The summed E-state index contributed by atoms with van der Waals surface area (Å²) in [5, 5.41) is 0. The first-order valence-electron chi connectivity index (χ1n) is 11.4. The lowest BCUT2D eigenvalue weighted by molar-refractivity contribution is -0.199. The fourth-order valence-electron chi connectivity index (χ4n) is 6.85. The zero-order chi connectivity index (χ0) is 21.2. The van der Waals surface area contributed by atoms with Gasteiger partial charge in [-0.3, -0.25) is 0 Å². The minimum atomic E-state index is -0.952. The van der Waals surface area contributed by atoms with E-state index in [2.05, 4.69) is 26.8 Å². The van der Waals surface area contributed by atoms with E-state index in [1.807, 2.05) is 13.0 Å². The molecular weight excluding hydrogens is 379 g/mol. The number of fused-ring (bicyclic) bond motifs is 1. The SMILES string of the molecule is Cc1ccc(C2CC2B2OC3CC4CC(C4(C)C)[C@]3(C)O2)c2c1C(=O)OC(C)(C)O2. The van der Waals surface area contributed by atoms with Gasteiger partial charge in [-0.2, -0.15) is 0 Å². The molecule has 5 nitrogen and oxygen atoms in total. The summed E-state index contributed by atoms with van der Waals surface area (Å²) in [5.74, 6) is 1.36. The van der Waals surface area contributed by atoms with Crippen LogP contribution in [-0.4, -0.2) is 30.6 Å². The van der Waals surface area contributed by atoms with Gasteiger partial charge in [0.15, 0.2) is 0 Å². The molecule has 1 aromatic rings. The van der Waals surface area contributed by atoms with Crippen LogP contribution < -0.4 is 4.74 Å². The predicted molar refractivity (Wildman–Crippen MR) is 113 cm³/mol. The second kappa shape index (κ2) is 5.63. The Hall–Kier alpha value is -1.53. The van der Waals surface area contributed by atoms with E-state index in [0.29, 0.717) is 28.5 Å². The van der Waals surface area contributed by atoms with Crippen molar-refractivity contribution in [3.05, 3.63) is 28.8 Å². The molecule has 6 heteroatoms. The standard InChI is InChI=1S/C24H31BO5/c1-12-7-8-14(20-19(12)21(26)28-23(4,5)27-20)15-11-16(15)25-29-18-10-13-9-17(22(13,2)3)24(18,6)30-25/h7-8,13,15-18H,9-11H2,1-6H3/t13?,15?,16?,17?,18?,24-/m0/s1. The van der Waals surface area contributed by atoms with Gasteiger partial charge in [-0.15, -0.1) is 0 Å². The third kappa shape index (κ3) is 2.41. The Morgan fingerprint density at radius 3 is 2.53 bits per heavy atom. The maximum absolute atomic E-state index is 12.6. The molecule has 0 aromatic heterocycles. The number of esters is 1. The summed E-state index contributed by atoms with van der Waals surface area (Å²) in [6.07, 6.45) is 3.58. The molecular formula is C24H31BO5. The van der Waals surface area contributed by atoms with Crippen molar-refractivity contribution >= 4 is 13.1 Å². The van der Waals surface area contributed by atoms with Gasteiger partial charge in [-0.25, -0.2) is 4.79 Å². The minimum absolute atomic E-state index is 0.166. The van der Waals surface area contributed by atoms with Crippen molar-refractivity contribution in [1.82, 2.24) is 0 Å². The van der Waals surface area contributed by atoms with Crippen LogP contribution in [0, 0.1) is 24.2 Å². The van der Waals surface area contributed by atoms with Crippen LogP contribution in [0.4, 0.5) is 0 Å². The van der Waals surface area contributed by atoms with Crippen LogP contribution in [0.25, 0.3) is 0 Å². The second-order valence-electron chi connectivity index (χ2n) is 11.4. The monoisotopic (exact) mass is 410 g/mol. The summed E-state index contributed by atoms with van der Waals surface area (Å²) in [6, 6.07) is 4.11. The zero-order valence-corrected chi connectivity index (χ0v) is 18.8. The van der Waals surface area contributed by atoms with E-state index in [9.17, 15) is 4.79 Å². The minimum Gasteiger partial charge on any atom is -0.452 e. The molecule has 0 N–H and O–H groups in total. The fourth-order valence-corrected chi connectivity index (χ4v) is 6.85. The average molecular weight is 410 g/mol. The van der Waals surface area contributed by atoms with E-state index in [4.69, 9.17) is 18.8 Å². The summed E-state index contributed by atoms with van der Waals surface area (Å²) in [6.45, 7) is 12.5. The molecule has 1 saturated heterocycles. The molecule has 160 valence electrons. The summed E-state index contributed by atoms with van der Waals surface area (Å²) in [5.41, 5.74) is 2.71. The Balaban J connectivity index is 1.27. The van der Waals surface area contributed by atoms with Crippen molar-refractivity contribution in [2.75, 3.05) is 0 Å². The summed E-state index contributed by atoms with van der Waals surface area (Å²) >= 11 is 0. The number of rotatable bonds is 2. The highest BCUT2D eigenvalue weighted by Gasteiger charge is 2.70. The van der Waals surface area contributed by atoms with E-state index in [1.165, 1.54) is 6.42 Å². The van der Waals surface area contributed by atoms with Crippen LogP contribution in [0.1, 0.15) is 81.3 Å². The number of hydrogen-bond donors (Lipinski definition) is 0. The highest BCUT2D eigenvalue weighted by atomic mass is 16.7. The molecule has 2 heterocycles. The molecule has 30 heavy (non-hydrogen) atoms. The van der Waals surface area contributed by atoms with Gasteiger partial charge in [-0.05, 0) is 67.4 Å². The van der Waals surface area contributed by atoms with Gasteiger partial charge in [0.25, 0.3) is 0 Å². The maximum Gasteiger partial charge on any atom is 0.461 e. The van der Waals surface area contributed by atoms with Crippen molar-refractivity contribution in [1.29, 1.82) is 0 Å². The molecule has 2 aliphatic heterocycles. The lowest BCUT2D eigenvalue weighted by Gasteiger charge is -2.64. The largest absolute Gasteiger partial charge is 0.461 e. The molecule has 5 unspecified atom stereocenters. The highest BCUT2D eigenvalue weighted by molar-refractivity contribution is 6.49. The molecule has 6 atom stereocenters. The molecule has 2 bridgehead atoms. The summed E-state index contributed by atoms with van der Waals surface area (Å²) < 4.78 is 24.8. The lowest BCUT2D eigenvalue weighted by Crippen LogP contribution is -2.65. The van der Waals surface area contributed by atoms with Crippen molar-refractivity contribution in [3.63, 3.8) is 0 Å². The molecule has 1 aromatic carbocycles. The highest BCUT2D eigenvalue weighted by Crippen LogP contribution is 2.68. The van der Waals surface area contributed by atoms with Gasteiger partial charge in [0.05, 0.1) is 11.7 Å². The topological polar surface area (TPSA) is 54.0 Å². The Labute approximate surface area is 178 Å². The van der Waals surface area contributed by atoms with Gasteiger partial charge in [0.1, 0.15) is 11.3 Å². The fraction of sp³-hybridized carbons (Fsp3) is 0.708. The number of carbonyl (C=O) groups excluding carboxylic acids is 1. The van der Waals surface area contributed by atoms with E-state index < -0.39 is 5.79 Å². The third-order valence-electron chi connectivity index (χ3n) is 8.84. The van der Waals surface area contributed by atoms with Crippen LogP contribution in [0.15, 0.2) is 12.1 Å². The van der Waals surface area contributed by atoms with Crippen LogP contribution >= 0.6 is 0 Å². The number of cyclic esters (lactones) is 1. The zero-order valence-electron chi connectivity index (χ0n) is 18.8. The smallest absolute Gasteiger partial charge is 0.452 e. The molecule has 6 aliphatic rings. The van der Waals surface area contributed by atoms with Gasteiger partial charge in [-0.1, -0.05) is 26.0 Å². The predicted octanol–water partition coefficient (Wildman–Crippen LogP) is 4.87. The van der Waals surface area contributed by atoms with Gasteiger partial charge in [0, 0.05) is 19.7 Å². The number of hydrogen-bond acceptors (Lipinski definition) is 5. The van der Waals surface area contributed by atoms with Crippen molar-refractivity contribution in [3.8, 4) is 5.75 Å². The molecule has 0 spiro atoms. The normalized spacial score (nSPS) is 41.9. The molecule has 4 aliphatic carbocycles. The first kappa shape index (κ1) is 19.2. The van der Waals surface area contributed by atoms with E-state index in [0.717, 1.165) is 29.9 Å². The number of benzene rings is 1. The molecule has 0 radical (unpaired) electrons. The Morgan fingerprint density at radius 2 is 1.80 bits per heavy atom. The molecule has 4 saturated carbocycles. The number of ether oxygens (including phenoxy) is 2. The third-order valence-corrected chi connectivity index (χ3v) is 8.84. The summed E-state index contributed by atoms with van der Waals surface area (Å²) in [7, 11) is -0.166. The second-order valence-corrected chi connectivity index (χ2v) is 11.4.